The van der Waals surface area contributed by atoms with Crippen LogP contribution in [0.25, 0.3) is 5.69 Å². The zero-order valence-corrected chi connectivity index (χ0v) is 22.5. The molecule has 3 aromatic carbocycles. The van der Waals surface area contributed by atoms with Gasteiger partial charge < -0.3 is 14.8 Å². The Kier molecular flexibility index (Phi) is 8.58. The van der Waals surface area contributed by atoms with Crippen molar-refractivity contribution in [2.75, 3.05) is 14.2 Å². The van der Waals surface area contributed by atoms with Gasteiger partial charge in [-0.1, -0.05) is 53.2 Å². The highest BCUT2D eigenvalue weighted by molar-refractivity contribution is 7.98. The standard InChI is InChI=1S/C26H23Cl2FN4O3S/c1-15(30-25(34)23-21(35-2)5-4-6-22(23)36-3)24-31-32-26(37-14-16-7-10-18(29)11-8-16)33(24)20-12-9-17(27)13-19(20)28/h4-13,15H,14H2,1-3H3,(H,30,34). The Morgan fingerprint density at radius 3 is 2.35 bits per heavy atom. The molecule has 1 unspecified atom stereocenters. The van der Waals surface area contributed by atoms with Gasteiger partial charge in [0, 0.05) is 10.8 Å². The van der Waals surface area contributed by atoms with E-state index < -0.39 is 11.9 Å². The van der Waals surface area contributed by atoms with Gasteiger partial charge in [0.2, 0.25) is 0 Å². The number of halogens is 3. The second kappa shape index (κ2) is 11.9. The van der Waals surface area contributed by atoms with Crippen molar-refractivity contribution in [2.45, 2.75) is 23.9 Å². The number of hydrogen-bond donors (Lipinski definition) is 1. The van der Waals surface area contributed by atoms with Crippen LogP contribution < -0.4 is 14.8 Å². The van der Waals surface area contributed by atoms with Crippen LogP contribution in [0, 0.1) is 5.82 Å². The monoisotopic (exact) mass is 560 g/mol. The lowest BCUT2D eigenvalue weighted by Gasteiger charge is -2.19. The van der Waals surface area contributed by atoms with Gasteiger partial charge in [-0.05, 0) is 55.0 Å². The van der Waals surface area contributed by atoms with E-state index in [1.807, 2.05) is 0 Å². The summed E-state index contributed by atoms with van der Waals surface area (Å²) in [7, 11) is 2.97. The number of nitrogens with one attached hydrogen (secondary N) is 1. The molecule has 1 amide bonds. The van der Waals surface area contributed by atoms with Gasteiger partial charge in [0.05, 0.1) is 31.0 Å². The Morgan fingerprint density at radius 2 is 1.73 bits per heavy atom. The van der Waals surface area contributed by atoms with Gasteiger partial charge in [-0.2, -0.15) is 0 Å². The fourth-order valence-electron chi connectivity index (χ4n) is 3.68. The maximum atomic E-state index is 13.3. The molecule has 0 aliphatic rings. The summed E-state index contributed by atoms with van der Waals surface area (Å²) in [5.41, 5.74) is 1.78. The Morgan fingerprint density at radius 1 is 1.05 bits per heavy atom. The normalized spacial score (nSPS) is 11.7. The van der Waals surface area contributed by atoms with Crippen molar-refractivity contribution in [1.82, 2.24) is 20.1 Å². The minimum atomic E-state index is -0.582. The summed E-state index contributed by atoms with van der Waals surface area (Å²) in [6.07, 6.45) is 0. The highest BCUT2D eigenvalue weighted by Crippen LogP contribution is 2.33. The van der Waals surface area contributed by atoms with Crippen molar-refractivity contribution in [3.8, 4) is 17.2 Å². The summed E-state index contributed by atoms with van der Waals surface area (Å²) in [5, 5.41) is 13.1. The summed E-state index contributed by atoms with van der Waals surface area (Å²) in [6, 6.07) is 15.9. The molecule has 1 N–H and O–H groups in total. The summed E-state index contributed by atoms with van der Waals surface area (Å²) < 4.78 is 25.8. The minimum Gasteiger partial charge on any atom is -0.496 e. The van der Waals surface area contributed by atoms with Crippen molar-refractivity contribution >= 4 is 40.9 Å². The third-order valence-electron chi connectivity index (χ3n) is 5.48. The average molecular weight is 561 g/mol. The Bertz CT molecular complexity index is 1390. The lowest BCUT2D eigenvalue weighted by molar-refractivity contribution is 0.0931. The number of thioether (sulfide) groups is 1. The van der Waals surface area contributed by atoms with E-state index in [1.165, 1.54) is 38.1 Å². The number of benzene rings is 3. The molecule has 0 saturated carbocycles. The first kappa shape index (κ1) is 26.8. The molecule has 0 bridgehead atoms. The summed E-state index contributed by atoms with van der Waals surface area (Å²) in [5.74, 6) is 1.02. The predicted octanol–water partition coefficient (Wildman–Crippen LogP) is 6.51. The van der Waals surface area contributed by atoms with Crippen LogP contribution in [0.15, 0.2) is 65.8 Å². The van der Waals surface area contributed by atoms with Crippen LogP contribution in [0.5, 0.6) is 11.5 Å². The first-order valence-electron chi connectivity index (χ1n) is 11.1. The van der Waals surface area contributed by atoms with E-state index in [4.69, 9.17) is 32.7 Å². The van der Waals surface area contributed by atoms with Crippen LogP contribution >= 0.6 is 35.0 Å². The molecule has 37 heavy (non-hydrogen) atoms. The second-order valence-electron chi connectivity index (χ2n) is 7.92. The molecule has 0 radical (unpaired) electrons. The van der Waals surface area contributed by atoms with Gasteiger partial charge in [-0.3, -0.25) is 9.36 Å². The largest absolute Gasteiger partial charge is 0.496 e. The molecule has 4 aromatic rings. The number of carbonyl (C=O) groups is 1. The molecule has 192 valence electrons. The molecule has 0 spiro atoms. The van der Waals surface area contributed by atoms with Crippen molar-refractivity contribution in [3.05, 3.63) is 93.5 Å². The zero-order valence-electron chi connectivity index (χ0n) is 20.2. The smallest absolute Gasteiger partial charge is 0.259 e. The topological polar surface area (TPSA) is 78.3 Å². The summed E-state index contributed by atoms with van der Waals surface area (Å²) in [6.45, 7) is 1.79. The van der Waals surface area contributed by atoms with Crippen LogP contribution in [0.4, 0.5) is 4.39 Å². The number of rotatable bonds is 9. The number of amides is 1. The summed E-state index contributed by atoms with van der Waals surface area (Å²) >= 11 is 14.1. The van der Waals surface area contributed by atoms with E-state index in [9.17, 15) is 9.18 Å². The maximum Gasteiger partial charge on any atom is 0.259 e. The molecule has 1 heterocycles. The fraction of sp³-hybridized carbons (Fsp3) is 0.192. The molecule has 11 heteroatoms. The van der Waals surface area contributed by atoms with E-state index in [0.717, 1.165) is 5.56 Å². The van der Waals surface area contributed by atoms with Crippen LogP contribution in [-0.2, 0) is 5.75 Å². The predicted molar refractivity (Wildman–Crippen MR) is 143 cm³/mol. The van der Waals surface area contributed by atoms with Gasteiger partial charge in [0.25, 0.3) is 5.91 Å². The van der Waals surface area contributed by atoms with Gasteiger partial charge >= 0.3 is 0 Å². The van der Waals surface area contributed by atoms with Crippen LogP contribution in [0.3, 0.4) is 0 Å². The number of carbonyl (C=O) groups excluding carboxylic acids is 1. The van der Waals surface area contributed by atoms with Crippen LogP contribution in [0.1, 0.15) is 34.7 Å². The van der Waals surface area contributed by atoms with Crippen molar-refractivity contribution < 1.29 is 18.7 Å². The zero-order chi connectivity index (χ0) is 26.5. The van der Waals surface area contributed by atoms with E-state index in [-0.39, 0.29) is 11.4 Å². The highest BCUT2D eigenvalue weighted by atomic mass is 35.5. The molecule has 7 nitrogen and oxygen atoms in total. The first-order valence-corrected chi connectivity index (χ1v) is 12.9. The number of nitrogens with zero attached hydrogens (tertiary/aromatic N) is 3. The van der Waals surface area contributed by atoms with E-state index in [1.54, 1.807) is 60.0 Å². The SMILES string of the molecule is COc1cccc(OC)c1C(=O)NC(C)c1nnc(SCc2ccc(F)cc2)n1-c1ccc(Cl)cc1Cl. The second-order valence-corrected chi connectivity index (χ2v) is 9.71. The Labute approximate surface area is 227 Å². The molecule has 1 aromatic heterocycles. The van der Waals surface area contributed by atoms with E-state index in [0.29, 0.717) is 44.0 Å². The van der Waals surface area contributed by atoms with Crippen molar-refractivity contribution in [2.24, 2.45) is 0 Å². The van der Waals surface area contributed by atoms with Crippen LogP contribution in [-0.4, -0.2) is 34.9 Å². The van der Waals surface area contributed by atoms with Crippen molar-refractivity contribution in [1.29, 1.82) is 0 Å². The quantitative estimate of drug-likeness (QED) is 0.235. The molecule has 1 atom stereocenters. The number of ether oxygens (including phenoxy) is 2. The third kappa shape index (κ3) is 6.01. The maximum absolute atomic E-state index is 13.3. The van der Waals surface area contributed by atoms with Gasteiger partial charge in [-0.25, -0.2) is 4.39 Å². The van der Waals surface area contributed by atoms with Crippen LogP contribution in [0.2, 0.25) is 10.0 Å². The average Bonchev–Trinajstić information content (AvgIpc) is 3.31. The van der Waals surface area contributed by atoms with E-state index in [2.05, 4.69) is 15.5 Å². The Hall–Kier alpha value is -3.27. The van der Waals surface area contributed by atoms with Gasteiger partial charge in [0.15, 0.2) is 11.0 Å². The molecule has 0 aliphatic carbocycles. The molecular formula is C26H23Cl2FN4O3S. The molecule has 4 rings (SSSR count). The number of hydrogen-bond acceptors (Lipinski definition) is 6. The highest BCUT2D eigenvalue weighted by Gasteiger charge is 2.25. The fourth-order valence-corrected chi connectivity index (χ4v) is 5.08. The molecule has 0 saturated heterocycles. The number of aromatic nitrogens is 3. The van der Waals surface area contributed by atoms with E-state index >= 15 is 0 Å². The number of methoxy groups -OCH3 is 2. The summed E-state index contributed by atoms with van der Waals surface area (Å²) in [4.78, 5) is 13.3. The van der Waals surface area contributed by atoms with Gasteiger partial charge in [0.1, 0.15) is 22.9 Å². The molecule has 0 aliphatic heterocycles. The molecule has 0 fully saturated rings. The lowest BCUT2D eigenvalue weighted by atomic mass is 10.1. The van der Waals surface area contributed by atoms with Gasteiger partial charge in [-0.15, -0.1) is 10.2 Å². The minimum absolute atomic E-state index is 0.265. The lowest BCUT2D eigenvalue weighted by Crippen LogP contribution is -2.29. The Balaban J connectivity index is 1.68. The molecular weight excluding hydrogens is 538 g/mol. The third-order valence-corrected chi connectivity index (χ3v) is 7.02. The van der Waals surface area contributed by atoms with Crippen molar-refractivity contribution in [3.63, 3.8) is 0 Å². The first-order chi connectivity index (χ1) is 17.8.